The summed E-state index contributed by atoms with van der Waals surface area (Å²) in [5, 5.41) is 8.51. The van der Waals surface area contributed by atoms with Crippen LogP contribution in [0.4, 0.5) is 0 Å². The predicted octanol–water partition coefficient (Wildman–Crippen LogP) is 2.41. The van der Waals surface area contributed by atoms with Crippen LogP contribution in [-0.4, -0.2) is 22.9 Å². The minimum absolute atomic E-state index is 0.532. The number of likely N-dealkylation sites (N-methyl/N-ethyl adjacent to an activating group) is 1. The number of nitrogens with zero attached hydrogens (tertiary/aromatic N) is 2. The fraction of sp³-hybridized carbons (Fsp3) is 0.727. The lowest BCUT2D eigenvalue weighted by Crippen LogP contribution is -2.29. The molecule has 1 fully saturated rings. The number of hydrogen-bond donors (Lipinski definition) is 1. The van der Waals surface area contributed by atoms with E-state index in [1.807, 2.05) is 11.7 Å². The Morgan fingerprint density at radius 1 is 1.60 bits per heavy atom. The summed E-state index contributed by atoms with van der Waals surface area (Å²) in [6, 6.07) is 0.560. The fourth-order valence-corrected chi connectivity index (χ4v) is 2.91. The predicted molar refractivity (Wildman–Crippen MR) is 62.4 cm³/mol. The van der Waals surface area contributed by atoms with Gasteiger partial charge in [-0.1, -0.05) is 18.0 Å². The van der Waals surface area contributed by atoms with Gasteiger partial charge < -0.3 is 5.32 Å². The van der Waals surface area contributed by atoms with Crippen molar-refractivity contribution >= 4 is 11.6 Å². The zero-order chi connectivity index (χ0) is 10.8. The number of halogens is 1. The van der Waals surface area contributed by atoms with Crippen LogP contribution in [0.1, 0.15) is 37.8 Å². The lowest BCUT2D eigenvalue weighted by molar-refractivity contribution is 0.482. The molecule has 2 unspecified atom stereocenters. The summed E-state index contributed by atoms with van der Waals surface area (Å²) in [7, 11) is 2.03. The molecule has 1 aromatic heterocycles. The van der Waals surface area contributed by atoms with Crippen molar-refractivity contribution in [1.82, 2.24) is 15.1 Å². The highest BCUT2D eigenvalue weighted by Crippen LogP contribution is 2.37. The maximum atomic E-state index is 6.21. The summed E-state index contributed by atoms with van der Waals surface area (Å²) in [4.78, 5) is 0. The number of rotatable bonds is 3. The molecule has 0 radical (unpaired) electrons. The van der Waals surface area contributed by atoms with Gasteiger partial charge in [0.25, 0.3) is 0 Å². The second-order valence-corrected chi connectivity index (χ2v) is 4.53. The van der Waals surface area contributed by atoms with Crippen molar-refractivity contribution in [3.8, 4) is 0 Å². The fourth-order valence-electron chi connectivity index (χ4n) is 2.63. The van der Waals surface area contributed by atoms with Crippen LogP contribution in [0.15, 0.2) is 6.20 Å². The van der Waals surface area contributed by atoms with E-state index in [9.17, 15) is 0 Å². The number of aromatic nitrogens is 2. The third-order valence-corrected chi connectivity index (χ3v) is 3.66. The van der Waals surface area contributed by atoms with Crippen molar-refractivity contribution in [2.45, 2.75) is 44.7 Å². The summed E-state index contributed by atoms with van der Waals surface area (Å²) < 4.78 is 2.03. The smallest absolute Gasteiger partial charge is 0.0821 e. The van der Waals surface area contributed by atoms with Crippen molar-refractivity contribution in [3.05, 3.63) is 16.9 Å². The average molecular weight is 228 g/mol. The Hall–Kier alpha value is -0.540. The van der Waals surface area contributed by atoms with Gasteiger partial charge in [-0.2, -0.15) is 5.10 Å². The van der Waals surface area contributed by atoms with Crippen LogP contribution in [0, 0.1) is 0 Å². The first-order chi connectivity index (χ1) is 7.27. The summed E-state index contributed by atoms with van der Waals surface area (Å²) in [6.07, 6.45) is 5.51. The first kappa shape index (κ1) is 11.0. The van der Waals surface area contributed by atoms with E-state index >= 15 is 0 Å². The standard InChI is InChI=1S/C11H18ClN3/c1-3-15-11(9(12)7-14-15)8-5-4-6-10(8)13-2/h7-8,10,13H,3-6H2,1-2H3. The third kappa shape index (κ3) is 1.91. The molecule has 3 nitrogen and oxygen atoms in total. The number of hydrogen-bond acceptors (Lipinski definition) is 2. The quantitative estimate of drug-likeness (QED) is 0.860. The maximum Gasteiger partial charge on any atom is 0.0821 e. The van der Waals surface area contributed by atoms with E-state index in [0.29, 0.717) is 12.0 Å². The molecule has 84 valence electrons. The summed E-state index contributed by atoms with van der Waals surface area (Å²) in [5.74, 6) is 0.532. The normalized spacial score (nSPS) is 26.1. The molecule has 1 heterocycles. The number of aryl methyl sites for hydroxylation is 1. The Labute approximate surface area is 95.8 Å². The van der Waals surface area contributed by atoms with Crippen molar-refractivity contribution in [1.29, 1.82) is 0 Å². The zero-order valence-electron chi connectivity index (χ0n) is 9.33. The van der Waals surface area contributed by atoms with Gasteiger partial charge in [-0.3, -0.25) is 4.68 Å². The molecule has 0 bridgehead atoms. The molecule has 4 heteroatoms. The van der Waals surface area contributed by atoms with Crippen LogP contribution in [0.25, 0.3) is 0 Å². The first-order valence-corrected chi connectivity index (χ1v) is 6.04. The molecule has 1 saturated carbocycles. The van der Waals surface area contributed by atoms with Crippen LogP contribution in [0.3, 0.4) is 0 Å². The minimum Gasteiger partial charge on any atom is -0.316 e. The number of nitrogens with one attached hydrogen (secondary N) is 1. The molecule has 0 aromatic carbocycles. The lowest BCUT2D eigenvalue weighted by Gasteiger charge is -2.20. The third-order valence-electron chi connectivity index (χ3n) is 3.37. The molecule has 15 heavy (non-hydrogen) atoms. The Balaban J connectivity index is 2.30. The lowest BCUT2D eigenvalue weighted by atomic mass is 9.99. The zero-order valence-corrected chi connectivity index (χ0v) is 10.1. The second kappa shape index (κ2) is 4.54. The Kier molecular flexibility index (Phi) is 3.32. The van der Waals surface area contributed by atoms with E-state index in [1.54, 1.807) is 6.20 Å². The van der Waals surface area contributed by atoms with Crippen LogP contribution >= 0.6 is 11.6 Å². The minimum atomic E-state index is 0.532. The van der Waals surface area contributed by atoms with E-state index < -0.39 is 0 Å². The maximum absolute atomic E-state index is 6.21. The molecular formula is C11H18ClN3. The summed E-state index contributed by atoms with van der Waals surface area (Å²) in [5.41, 5.74) is 1.22. The van der Waals surface area contributed by atoms with E-state index in [0.717, 1.165) is 11.6 Å². The highest BCUT2D eigenvalue weighted by molar-refractivity contribution is 6.31. The van der Waals surface area contributed by atoms with Gasteiger partial charge in [-0.25, -0.2) is 0 Å². The van der Waals surface area contributed by atoms with E-state index in [4.69, 9.17) is 11.6 Å². The highest BCUT2D eigenvalue weighted by Gasteiger charge is 2.31. The van der Waals surface area contributed by atoms with Gasteiger partial charge in [-0.15, -0.1) is 0 Å². The topological polar surface area (TPSA) is 29.9 Å². The molecule has 0 spiro atoms. The van der Waals surface area contributed by atoms with Gasteiger partial charge in [-0.05, 0) is 26.8 Å². The SMILES string of the molecule is CCn1ncc(Cl)c1C1CCCC1NC. The van der Waals surface area contributed by atoms with Gasteiger partial charge in [0.2, 0.25) is 0 Å². The van der Waals surface area contributed by atoms with E-state index in [2.05, 4.69) is 17.3 Å². The van der Waals surface area contributed by atoms with Crippen LogP contribution < -0.4 is 5.32 Å². The molecular weight excluding hydrogens is 210 g/mol. The largest absolute Gasteiger partial charge is 0.316 e. The van der Waals surface area contributed by atoms with Crippen molar-refractivity contribution in [2.24, 2.45) is 0 Å². The van der Waals surface area contributed by atoms with Gasteiger partial charge in [0.15, 0.2) is 0 Å². The van der Waals surface area contributed by atoms with Crippen LogP contribution in [0.5, 0.6) is 0 Å². The van der Waals surface area contributed by atoms with Crippen LogP contribution in [0.2, 0.25) is 5.02 Å². The summed E-state index contributed by atoms with van der Waals surface area (Å²) in [6.45, 7) is 3.01. The van der Waals surface area contributed by atoms with Crippen molar-refractivity contribution in [2.75, 3.05) is 7.05 Å². The monoisotopic (exact) mass is 227 g/mol. The summed E-state index contributed by atoms with van der Waals surface area (Å²) >= 11 is 6.21. The van der Waals surface area contributed by atoms with Gasteiger partial charge >= 0.3 is 0 Å². The first-order valence-electron chi connectivity index (χ1n) is 5.66. The van der Waals surface area contributed by atoms with E-state index in [1.165, 1.54) is 25.0 Å². The van der Waals surface area contributed by atoms with Gasteiger partial charge in [0, 0.05) is 18.5 Å². The molecule has 2 atom stereocenters. The molecule has 1 aliphatic rings. The molecule has 1 aliphatic carbocycles. The molecule has 2 rings (SSSR count). The Morgan fingerprint density at radius 2 is 2.40 bits per heavy atom. The van der Waals surface area contributed by atoms with Gasteiger partial charge in [0.05, 0.1) is 16.9 Å². The molecule has 0 aliphatic heterocycles. The Bertz CT molecular complexity index is 335. The molecule has 1 N–H and O–H groups in total. The molecule has 0 saturated heterocycles. The van der Waals surface area contributed by atoms with Crippen molar-refractivity contribution < 1.29 is 0 Å². The molecule has 1 aromatic rings. The molecule has 0 amide bonds. The van der Waals surface area contributed by atoms with E-state index in [-0.39, 0.29) is 0 Å². The average Bonchev–Trinajstić information content (AvgIpc) is 2.82. The van der Waals surface area contributed by atoms with Crippen LogP contribution in [-0.2, 0) is 6.54 Å². The second-order valence-electron chi connectivity index (χ2n) is 4.13. The van der Waals surface area contributed by atoms with Gasteiger partial charge in [0.1, 0.15) is 0 Å². The highest BCUT2D eigenvalue weighted by atomic mass is 35.5. The Morgan fingerprint density at radius 3 is 3.07 bits per heavy atom. The van der Waals surface area contributed by atoms with Crippen molar-refractivity contribution in [3.63, 3.8) is 0 Å².